The summed E-state index contributed by atoms with van der Waals surface area (Å²) >= 11 is 1.23. The Hall–Kier alpha value is -4.17. The maximum Gasteiger partial charge on any atom is 0.338 e. The molecule has 7 nitrogen and oxygen atoms in total. The number of anilines is 1. The maximum absolute atomic E-state index is 13.6. The first-order valence-electron chi connectivity index (χ1n) is 12.0. The van der Waals surface area contributed by atoms with Crippen molar-refractivity contribution in [3.63, 3.8) is 0 Å². The second-order valence-electron chi connectivity index (χ2n) is 8.99. The van der Waals surface area contributed by atoms with Gasteiger partial charge in [0.15, 0.2) is 4.80 Å². The van der Waals surface area contributed by atoms with Gasteiger partial charge in [-0.25, -0.2) is 9.79 Å². The van der Waals surface area contributed by atoms with E-state index in [-0.39, 0.29) is 17.9 Å². The summed E-state index contributed by atoms with van der Waals surface area (Å²) < 4.78 is 7.25. The van der Waals surface area contributed by atoms with Crippen molar-refractivity contribution in [1.29, 1.82) is 0 Å². The zero-order valence-corrected chi connectivity index (χ0v) is 21.9. The third-order valence-electron chi connectivity index (χ3n) is 6.49. The molecule has 2 heterocycles. The van der Waals surface area contributed by atoms with Crippen LogP contribution < -0.4 is 19.8 Å². The molecule has 0 fully saturated rings. The molecule has 1 aliphatic rings. The van der Waals surface area contributed by atoms with Crippen LogP contribution in [0.25, 0.3) is 22.5 Å². The first-order chi connectivity index (χ1) is 17.8. The van der Waals surface area contributed by atoms with Gasteiger partial charge < -0.3 is 14.7 Å². The lowest BCUT2D eigenvalue weighted by atomic mass is 9.96. The molecule has 1 aromatic heterocycles. The number of aromatic nitrogens is 1. The van der Waals surface area contributed by atoms with Crippen LogP contribution in [-0.4, -0.2) is 36.3 Å². The molecule has 0 spiro atoms. The van der Waals surface area contributed by atoms with Crippen molar-refractivity contribution in [2.24, 2.45) is 4.99 Å². The Morgan fingerprint density at radius 1 is 1.14 bits per heavy atom. The van der Waals surface area contributed by atoms with Gasteiger partial charge in [0.05, 0.1) is 16.7 Å². The molecule has 5 rings (SSSR count). The van der Waals surface area contributed by atoms with Crippen LogP contribution in [0.5, 0.6) is 5.75 Å². The zero-order chi connectivity index (χ0) is 26.3. The predicted octanol–water partition coefficient (Wildman–Crippen LogP) is 3.83. The Morgan fingerprint density at radius 3 is 2.57 bits per heavy atom. The minimum Gasteiger partial charge on any atom is -0.507 e. The molecule has 188 valence electrons. The minimum atomic E-state index is -0.605. The zero-order valence-electron chi connectivity index (χ0n) is 21.1. The standard InChI is InChI=1S/C29H27N3O4S/c1-5-36-28(35)25-17(2)32-27(34)24(16-22-21-9-7-6-8-18(21)12-15-23(22)33)37-29(32)30-26(25)19-10-13-20(14-11-19)31(3)4/h6-16,26,33H,5H2,1-4H3/b24-16-/t26-/m1/s1. The summed E-state index contributed by atoms with van der Waals surface area (Å²) in [4.78, 5) is 34.0. The number of carbonyl (C=O) groups is 1. The molecule has 4 aromatic rings. The van der Waals surface area contributed by atoms with E-state index in [2.05, 4.69) is 0 Å². The van der Waals surface area contributed by atoms with E-state index in [9.17, 15) is 14.7 Å². The van der Waals surface area contributed by atoms with Crippen LogP contribution in [-0.2, 0) is 9.53 Å². The molecule has 37 heavy (non-hydrogen) atoms. The van der Waals surface area contributed by atoms with Crippen LogP contribution in [0.2, 0.25) is 0 Å². The predicted molar refractivity (Wildman–Crippen MR) is 148 cm³/mol. The van der Waals surface area contributed by atoms with Gasteiger partial charge in [-0.3, -0.25) is 9.36 Å². The molecule has 0 saturated heterocycles. The van der Waals surface area contributed by atoms with Crippen LogP contribution in [0.4, 0.5) is 5.69 Å². The second-order valence-corrected chi connectivity index (χ2v) is 10.00. The van der Waals surface area contributed by atoms with Crippen LogP contribution >= 0.6 is 11.3 Å². The quantitative estimate of drug-likeness (QED) is 0.410. The number of fused-ring (bicyclic) bond motifs is 2. The number of nitrogens with zero attached hydrogens (tertiary/aromatic N) is 3. The Morgan fingerprint density at radius 2 is 1.86 bits per heavy atom. The molecule has 1 aliphatic heterocycles. The van der Waals surface area contributed by atoms with E-state index in [1.807, 2.05) is 73.6 Å². The van der Waals surface area contributed by atoms with Gasteiger partial charge in [0.2, 0.25) is 0 Å². The second kappa shape index (κ2) is 9.71. The van der Waals surface area contributed by atoms with Gasteiger partial charge in [-0.05, 0) is 54.5 Å². The summed E-state index contributed by atoms with van der Waals surface area (Å²) in [6.45, 7) is 3.71. The number of carbonyl (C=O) groups excluding carboxylic acids is 1. The smallest absolute Gasteiger partial charge is 0.338 e. The van der Waals surface area contributed by atoms with E-state index in [0.717, 1.165) is 22.0 Å². The number of esters is 1. The summed E-state index contributed by atoms with van der Waals surface area (Å²) in [5.41, 5.74) is 2.96. The molecule has 0 saturated carbocycles. The molecule has 8 heteroatoms. The number of allylic oxidation sites excluding steroid dienone is 1. The van der Waals surface area contributed by atoms with Crippen molar-refractivity contribution < 1.29 is 14.6 Å². The number of phenols is 1. The SMILES string of the molecule is CCOC(=O)C1=C(C)n2c(s/c(=C\c3c(O)ccc4ccccc34)c2=O)=N[C@@H]1c1ccc(N(C)C)cc1. The van der Waals surface area contributed by atoms with Gasteiger partial charge in [0.1, 0.15) is 11.8 Å². The number of rotatable bonds is 5. The van der Waals surface area contributed by atoms with E-state index in [0.29, 0.717) is 26.2 Å². The van der Waals surface area contributed by atoms with E-state index in [1.54, 1.807) is 26.0 Å². The summed E-state index contributed by atoms with van der Waals surface area (Å²) in [6.07, 6.45) is 1.70. The normalized spacial score (nSPS) is 15.5. The minimum absolute atomic E-state index is 0.0877. The van der Waals surface area contributed by atoms with Gasteiger partial charge >= 0.3 is 5.97 Å². The summed E-state index contributed by atoms with van der Waals surface area (Å²) in [7, 11) is 3.92. The highest BCUT2D eigenvalue weighted by Crippen LogP contribution is 2.33. The third-order valence-corrected chi connectivity index (χ3v) is 7.47. The number of phenolic OH excluding ortho intramolecular Hbond substituents is 1. The average molecular weight is 514 g/mol. The van der Waals surface area contributed by atoms with Crippen LogP contribution in [0.3, 0.4) is 0 Å². The van der Waals surface area contributed by atoms with Gasteiger partial charge in [0, 0.05) is 31.0 Å². The number of thiazole rings is 1. The average Bonchev–Trinajstić information content (AvgIpc) is 3.20. The molecule has 0 bridgehead atoms. The Labute approximate surface area is 217 Å². The first kappa shape index (κ1) is 24.5. The summed E-state index contributed by atoms with van der Waals surface area (Å²) in [5.74, 6) is -0.406. The fourth-order valence-electron chi connectivity index (χ4n) is 4.58. The van der Waals surface area contributed by atoms with Crippen molar-refractivity contribution in [3.05, 3.63) is 97.1 Å². The van der Waals surface area contributed by atoms with Gasteiger partial charge in [-0.15, -0.1) is 0 Å². The molecule has 1 N–H and O–H groups in total. The highest BCUT2D eigenvalue weighted by Gasteiger charge is 2.31. The number of hydrogen-bond acceptors (Lipinski definition) is 7. The van der Waals surface area contributed by atoms with Crippen molar-refractivity contribution in [3.8, 4) is 5.75 Å². The van der Waals surface area contributed by atoms with E-state index >= 15 is 0 Å². The number of ether oxygens (including phenoxy) is 1. The van der Waals surface area contributed by atoms with E-state index < -0.39 is 12.0 Å². The van der Waals surface area contributed by atoms with Crippen LogP contribution in [0.1, 0.15) is 31.0 Å². The van der Waals surface area contributed by atoms with E-state index in [4.69, 9.17) is 9.73 Å². The maximum atomic E-state index is 13.6. The lowest BCUT2D eigenvalue weighted by molar-refractivity contribution is -0.138. The van der Waals surface area contributed by atoms with E-state index in [1.165, 1.54) is 15.9 Å². The number of aromatic hydroxyl groups is 1. The van der Waals surface area contributed by atoms with Gasteiger partial charge in [-0.1, -0.05) is 53.8 Å². The molecule has 0 radical (unpaired) electrons. The first-order valence-corrected chi connectivity index (χ1v) is 12.8. The number of hydrogen-bond donors (Lipinski definition) is 1. The fraction of sp³-hybridized carbons (Fsp3) is 0.207. The summed E-state index contributed by atoms with van der Waals surface area (Å²) in [5, 5.41) is 12.4. The largest absolute Gasteiger partial charge is 0.507 e. The van der Waals surface area contributed by atoms with Gasteiger partial charge in [0.25, 0.3) is 5.56 Å². The fourth-order valence-corrected chi connectivity index (χ4v) is 5.60. The van der Waals surface area contributed by atoms with Crippen molar-refractivity contribution in [2.75, 3.05) is 25.6 Å². The summed E-state index contributed by atoms with van der Waals surface area (Å²) in [6, 6.07) is 18.4. The third kappa shape index (κ3) is 4.34. The highest BCUT2D eigenvalue weighted by atomic mass is 32.1. The Bertz CT molecular complexity index is 1730. The molecule has 0 amide bonds. The Kier molecular flexibility index (Phi) is 6.43. The van der Waals surface area contributed by atoms with Crippen molar-refractivity contribution in [2.45, 2.75) is 19.9 Å². The van der Waals surface area contributed by atoms with Crippen LogP contribution in [0.15, 0.2) is 76.0 Å². The molecule has 3 aromatic carbocycles. The lowest BCUT2D eigenvalue weighted by Gasteiger charge is -2.23. The molecular weight excluding hydrogens is 486 g/mol. The van der Waals surface area contributed by atoms with Gasteiger partial charge in [-0.2, -0.15) is 0 Å². The molecular formula is C29H27N3O4S. The Balaban J connectivity index is 1.73. The molecule has 1 atom stereocenters. The van der Waals surface area contributed by atoms with Crippen molar-refractivity contribution >= 4 is 45.5 Å². The number of benzene rings is 3. The topological polar surface area (TPSA) is 84.1 Å². The van der Waals surface area contributed by atoms with Crippen LogP contribution in [0, 0.1) is 0 Å². The lowest BCUT2D eigenvalue weighted by Crippen LogP contribution is -2.35. The van der Waals surface area contributed by atoms with Crippen molar-refractivity contribution in [1.82, 2.24) is 4.57 Å². The molecule has 0 aliphatic carbocycles. The highest BCUT2D eigenvalue weighted by molar-refractivity contribution is 7.07. The molecule has 0 unspecified atom stereocenters. The monoisotopic (exact) mass is 513 g/mol.